The maximum atomic E-state index is 11.4. The molecule has 0 fully saturated rings. The molecule has 2 aromatic rings. The van der Waals surface area contributed by atoms with Crippen LogP contribution in [0.25, 0.3) is 0 Å². The highest BCUT2D eigenvalue weighted by Crippen LogP contribution is 2.37. The summed E-state index contributed by atoms with van der Waals surface area (Å²) in [5.41, 5.74) is 2.66. The molecule has 0 bridgehead atoms. The molecular formula is C15H15BrN2O3. The van der Waals surface area contributed by atoms with Crippen LogP contribution in [0.4, 0.5) is 5.69 Å². The lowest BCUT2D eigenvalue weighted by Crippen LogP contribution is -2.33. The van der Waals surface area contributed by atoms with Crippen LogP contribution in [0.2, 0.25) is 0 Å². The van der Waals surface area contributed by atoms with E-state index in [2.05, 4.69) is 25.8 Å². The fourth-order valence-corrected chi connectivity index (χ4v) is 3.13. The Morgan fingerprint density at radius 1 is 1.57 bits per heavy atom. The van der Waals surface area contributed by atoms with Crippen molar-refractivity contribution in [3.05, 3.63) is 46.1 Å². The molecule has 3 rings (SSSR count). The quantitative estimate of drug-likeness (QED) is 0.919. The molecule has 0 radical (unpaired) electrons. The van der Waals surface area contributed by atoms with Crippen LogP contribution in [-0.2, 0) is 11.3 Å². The van der Waals surface area contributed by atoms with Gasteiger partial charge in [-0.1, -0.05) is 15.9 Å². The van der Waals surface area contributed by atoms with Crippen molar-refractivity contribution in [2.75, 3.05) is 11.4 Å². The first-order valence-electron chi connectivity index (χ1n) is 6.73. The molecule has 1 aromatic carbocycles. The van der Waals surface area contributed by atoms with Gasteiger partial charge in [0, 0.05) is 23.6 Å². The van der Waals surface area contributed by atoms with Gasteiger partial charge in [-0.3, -0.25) is 4.79 Å². The van der Waals surface area contributed by atoms with Gasteiger partial charge in [0.25, 0.3) is 0 Å². The van der Waals surface area contributed by atoms with Gasteiger partial charge in [-0.25, -0.2) is 4.98 Å². The number of aryl methyl sites for hydroxylation is 1. The predicted molar refractivity (Wildman–Crippen MR) is 81.4 cm³/mol. The van der Waals surface area contributed by atoms with E-state index < -0.39 is 11.9 Å². The molecule has 6 heteroatoms. The van der Waals surface area contributed by atoms with E-state index in [0.29, 0.717) is 25.4 Å². The van der Waals surface area contributed by atoms with Crippen LogP contribution in [0.1, 0.15) is 29.5 Å². The molecule has 0 spiro atoms. The summed E-state index contributed by atoms with van der Waals surface area (Å²) in [6, 6.07) is 5.79. The zero-order valence-corrected chi connectivity index (χ0v) is 13.1. The van der Waals surface area contributed by atoms with Gasteiger partial charge >= 0.3 is 5.97 Å². The first kappa shape index (κ1) is 14.1. The van der Waals surface area contributed by atoms with Gasteiger partial charge in [0.15, 0.2) is 5.89 Å². The SMILES string of the molecule is Cc1nc(CN2CCC(C(=O)O)c3cc(Br)ccc32)co1. The van der Waals surface area contributed by atoms with Gasteiger partial charge in [-0.05, 0) is 30.2 Å². The van der Waals surface area contributed by atoms with Gasteiger partial charge in [-0.15, -0.1) is 0 Å². The van der Waals surface area contributed by atoms with Crippen molar-refractivity contribution < 1.29 is 14.3 Å². The third-order valence-electron chi connectivity index (χ3n) is 3.71. The molecule has 110 valence electrons. The number of carboxylic acid groups (broad SMARTS) is 1. The second-order valence-corrected chi connectivity index (χ2v) is 6.08. The summed E-state index contributed by atoms with van der Waals surface area (Å²) >= 11 is 3.42. The molecule has 1 aliphatic heterocycles. The normalized spacial score (nSPS) is 17.6. The number of rotatable bonds is 3. The lowest BCUT2D eigenvalue weighted by Gasteiger charge is -2.33. The van der Waals surface area contributed by atoms with E-state index in [4.69, 9.17) is 4.42 Å². The van der Waals surface area contributed by atoms with Crippen LogP contribution >= 0.6 is 15.9 Å². The van der Waals surface area contributed by atoms with E-state index in [-0.39, 0.29) is 0 Å². The van der Waals surface area contributed by atoms with Crippen LogP contribution < -0.4 is 4.90 Å². The maximum Gasteiger partial charge on any atom is 0.311 e. The third kappa shape index (κ3) is 2.81. The Labute approximate surface area is 130 Å². The first-order chi connectivity index (χ1) is 10.0. The summed E-state index contributed by atoms with van der Waals surface area (Å²) in [5.74, 6) is -0.583. The van der Waals surface area contributed by atoms with Gasteiger partial charge in [0.2, 0.25) is 0 Å². The molecule has 21 heavy (non-hydrogen) atoms. The smallest absolute Gasteiger partial charge is 0.311 e. The van der Waals surface area contributed by atoms with Crippen molar-refractivity contribution in [1.82, 2.24) is 4.98 Å². The Kier molecular flexibility index (Phi) is 3.71. The number of oxazole rings is 1. The van der Waals surface area contributed by atoms with E-state index in [9.17, 15) is 9.90 Å². The minimum atomic E-state index is -0.772. The number of halogens is 1. The number of aromatic nitrogens is 1. The summed E-state index contributed by atoms with van der Waals surface area (Å²) in [5, 5.41) is 9.39. The fourth-order valence-electron chi connectivity index (χ4n) is 2.75. The fraction of sp³-hybridized carbons (Fsp3) is 0.333. The average molecular weight is 351 g/mol. The number of anilines is 1. The Hall–Kier alpha value is -1.82. The number of carboxylic acids is 1. The molecule has 1 aliphatic rings. The minimum absolute atomic E-state index is 0.451. The standard InChI is InChI=1S/C15H15BrN2O3/c1-9-17-11(8-21-9)7-18-5-4-12(15(19)20)13-6-10(16)2-3-14(13)18/h2-3,6,8,12H,4-5,7H2,1H3,(H,19,20). The Bertz CT molecular complexity index is 683. The number of nitrogens with zero attached hydrogens (tertiary/aromatic N) is 2. The minimum Gasteiger partial charge on any atom is -0.481 e. The van der Waals surface area contributed by atoms with Crippen LogP contribution in [0, 0.1) is 6.92 Å². The lowest BCUT2D eigenvalue weighted by molar-refractivity contribution is -0.139. The van der Waals surface area contributed by atoms with E-state index in [1.165, 1.54) is 0 Å². The second-order valence-electron chi connectivity index (χ2n) is 5.16. The highest BCUT2D eigenvalue weighted by atomic mass is 79.9. The first-order valence-corrected chi connectivity index (χ1v) is 7.52. The van der Waals surface area contributed by atoms with Crippen molar-refractivity contribution in [3.63, 3.8) is 0 Å². The highest BCUT2D eigenvalue weighted by Gasteiger charge is 2.30. The number of fused-ring (bicyclic) bond motifs is 1. The molecule has 0 amide bonds. The molecule has 1 N–H and O–H groups in total. The second kappa shape index (κ2) is 5.52. The molecule has 1 unspecified atom stereocenters. The summed E-state index contributed by atoms with van der Waals surface area (Å²) < 4.78 is 6.13. The monoisotopic (exact) mass is 350 g/mol. The van der Waals surface area contributed by atoms with Gasteiger partial charge < -0.3 is 14.4 Å². The Morgan fingerprint density at radius 2 is 2.38 bits per heavy atom. The van der Waals surface area contributed by atoms with Crippen LogP contribution in [-0.4, -0.2) is 22.6 Å². The molecule has 0 saturated carbocycles. The Balaban J connectivity index is 1.94. The van der Waals surface area contributed by atoms with Crippen molar-refractivity contribution >= 4 is 27.6 Å². The summed E-state index contributed by atoms with van der Waals surface area (Å²) in [4.78, 5) is 17.9. The van der Waals surface area contributed by atoms with Crippen LogP contribution in [0.5, 0.6) is 0 Å². The van der Waals surface area contributed by atoms with Crippen molar-refractivity contribution in [2.24, 2.45) is 0 Å². The number of carbonyl (C=O) groups is 1. The molecule has 1 aromatic heterocycles. The van der Waals surface area contributed by atoms with Crippen LogP contribution in [0.3, 0.4) is 0 Å². The predicted octanol–water partition coefficient (Wildman–Crippen LogP) is 3.32. The van der Waals surface area contributed by atoms with E-state index in [1.807, 2.05) is 25.1 Å². The average Bonchev–Trinajstić information content (AvgIpc) is 2.83. The molecule has 0 aliphatic carbocycles. The zero-order chi connectivity index (χ0) is 15.0. The van der Waals surface area contributed by atoms with Gasteiger partial charge in [0.05, 0.1) is 18.2 Å². The van der Waals surface area contributed by atoms with E-state index in [0.717, 1.165) is 21.4 Å². The Morgan fingerprint density at radius 3 is 3.05 bits per heavy atom. The maximum absolute atomic E-state index is 11.4. The third-order valence-corrected chi connectivity index (χ3v) is 4.20. The zero-order valence-electron chi connectivity index (χ0n) is 11.5. The highest BCUT2D eigenvalue weighted by molar-refractivity contribution is 9.10. The summed E-state index contributed by atoms with van der Waals surface area (Å²) in [7, 11) is 0. The van der Waals surface area contributed by atoms with Crippen LogP contribution in [0.15, 0.2) is 33.4 Å². The molecule has 1 atom stereocenters. The van der Waals surface area contributed by atoms with E-state index >= 15 is 0 Å². The molecule has 2 heterocycles. The number of aliphatic carboxylic acids is 1. The largest absolute Gasteiger partial charge is 0.481 e. The van der Waals surface area contributed by atoms with Crippen molar-refractivity contribution in [2.45, 2.75) is 25.8 Å². The topological polar surface area (TPSA) is 66.6 Å². The number of hydrogen-bond acceptors (Lipinski definition) is 4. The van der Waals surface area contributed by atoms with Crippen molar-refractivity contribution in [3.8, 4) is 0 Å². The van der Waals surface area contributed by atoms with Crippen molar-refractivity contribution in [1.29, 1.82) is 0 Å². The van der Waals surface area contributed by atoms with E-state index in [1.54, 1.807) is 6.26 Å². The summed E-state index contributed by atoms with van der Waals surface area (Å²) in [6.45, 7) is 3.13. The molecular weight excluding hydrogens is 336 g/mol. The number of hydrogen-bond donors (Lipinski definition) is 1. The molecule has 0 saturated heterocycles. The van der Waals surface area contributed by atoms with Gasteiger partial charge in [0.1, 0.15) is 6.26 Å². The number of benzene rings is 1. The lowest BCUT2D eigenvalue weighted by atomic mass is 9.90. The summed E-state index contributed by atoms with van der Waals surface area (Å²) in [6.07, 6.45) is 2.24. The van der Waals surface area contributed by atoms with Gasteiger partial charge in [-0.2, -0.15) is 0 Å². The molecule has 5 nitrogen and oxygen atoms in total.